The summed E-state index contributed by atoms with van der Waals surface area (Å²) in [6, 6.07) is 52.5. The Morgan fingerprint density at radius 1 is 0.495 bits per heavy atom. The number of amides is 11. The summed E-state index contributed by atoms with van der Waals surface area (Å²) < 4.78 is 0. The van der Waals surface area contributed by atoms with Crippen molar-refractivity contribution in [1.29, 1.82) is 0 Å². The summed E-state index contributed by atoms with van der Waals surface area (Å²) in [7, 11) is 0. The highest BCUT2D eigenvalue weighted by Gasteiger charge is 2.47. The lowest BCUT2D eigenvalue weighted by Gasteiger charge is -2.27. The quantitative estimate of drug-likeness (QED) is 0.0145. The van der Waals surface area contributed by atoms with E-state index < -0.39 is 83.7 Å². The molecule has 0 aliphatic carbocycles. The molecule has 2 aromatic heterocycles. The highest BCUT2D eigenvalue weighted by Crippen LogP contribution is 2.37. The number of benzene rings is 8. The first kappa shape index (κ1) is 76.4. The van der Waals surface area contributed by atoms with Crippen LogP contribution in [-0.4, -0.2) is 139 Å². The number of carbonyl (C=O) groups excluding carboxylic acids is 13. The van der Waals surface area contributed by atoms with Crippen molar-refractivity contribution in [3.63, 3.8) is 0 Å². The van der Waals surface area contributed by atoms with Gasteiger partial charge in [0, 0.05) is 90.0 Å². The highest BCUT2D eigenvalue weighted by atomic mass is 16.4. The molecular formula is C83H73N13O15. The van der Waals surface area contributed by atoms with Crippen molar-refractivity contribution in [1.82, 2.24) is 35.7 Å². The number of nitrogens with two attached hydrogens (primary N) is 3. The number of rotatable bonds is 25. The zero-order valence-electron chi connectivity index (χ0n) is 59.5. The molecule has 4 aliphatic heterocycles. The number of aryl methyl sites for hydroxylation is 1. The van der Waals surface area contributed by atoms with Crippen LogP contribution in [0.15, 0.2) is 194 Å². The summed E-state index contributed by atoms with van der Waals surface area (Å²) in [5, 5.41) is 26.6. The van der Waals surface area contributed by atoms with Crippen LogP contribution in [0.1, 0.15) is 146 Å². The molecule has 6 heterocycles. The number of hydrogen-bond acceptors (Lipinski definition) is 20. The molecule has 0 spiro atoms. The van der Waals surface area contributed by atoms with Gasteiger partial charge in [0.15, 0.2) is 11.6 Å². The van der Waals surface area contributed by atoms with Gasteiger partial charge in [-0.05, 0) is 121 Å². The monoisotopic (exact) mass is 1490 g/mol. The van der Waals surface area contributed by atoms with Crippen LogP contribution in [0.2, 0.25) is 0 Å². The first-order valence-electron chi connectivity index (χ1n) is 35.5. The molecule has 8 aromatic carbocycles. The van der Waals surface area contributed by atoms with Crippen molar-refractivity contribution < 1.29 is 72.2 Å². The number of fused-ring (bicyclic) bond motifs is 4. The van der Waals surface area contributed by atoms with Crippen LogP contribution in [0.3, 0.4) is 0 Å². The number of para-hydroxylation sites is 2. The Morgan fingerprint density at radius 3 is 1.41 bits per heavy atom. The van der Waals surface area contributed by atoms with Crippen molar-refractivity contribution in [2.45, 2.75) is 76.3 Å². The standard InChI is InChI=1S/C42H36N6O7.C26H24N4O2.C15H13N3O6/c43-39(52)31-23-45-32-22-27(15-17-29(32)38(31)46-28-7-2-1-3-8-28)24-11-13-25(14-12-24)34(49)10-5-21-44-35(50)19-16-26-6-4-9-30-37(26)42(55)48(41(30)54)33-18-20-36(51)47-40(33)53;27-14-4-7-24(31)18-10-8-17(9-11-18)19-12-13-21-23(15-19)29-16-22(26(28)32)25(21)30-20-5-2-1-3-6-20;19-10-5-4-9(13(22)17-10)18-14(23)7-2-1-3-8(12(7)15(18)24)16-6-11(20)21/h1-4,6-9,11-15,17,22-23,33H,5,10,16,18-21H2,(H2,43,52)(H,44,50)(H,45,46)(H,47,51,53);1-3,5-6,8-13,15-16H,4,7,14,27H2,(H2,28,32)(H,29,30);1-3,9,16H,4-6H2,(H,20,21)(H,17,19,22). The molecule has 4 aliphatic rings. The lowest BCUT2D eigenvalue weighted by molar-refractivity contribution is -0.137. The third-order valence-electron chi connectivity index (χ3n) is 19.0. The molecule has 0 bridgehead atoms. The van der Waals surface area contributed by atoms with E-state index in [1.165, 1.54) is 36.7 Å². The van der Waals surface area contributed by atoms with Gasteiger partial charge >= 0.3 is 5.97 Å². The molecule has 14 rings (SSSR count). The minimum absolute atomic E-state index is 0.0254. The second kappa shape index (κ2) is 34.1. The number of aliphatic carboxylic acids is 1. The van der Waals surface area contributed by atoms with E-state index in [1.54, 1.807) is 24.3 Å². The molecule has 11 amide bonds. The third-order valence-corrected chi connectivity index (χ3v) is 19.0. The van der Waals surface area contributed by atoms with Crippen molar-refractivity contribution in [2.75, 3.05) is 35.6 Å². The Bertz CT molecular complexity index is 5450. The lowest BCUT2D eigenvalue weighted by Crippen LogP contribution is -2.54. The number of carboxylic acids is 1. The molecule has 2 atom stereocenters. The SMILES string of the molecule is NC(=O)c1cnc2cc(-c3ccc(C(=O)CCCNC(=O)CCc4cccc5c4C(=O)N(C4CCC(=O)NC4=O)C5=O)cc3)ccc2c1Nc1ccccc1.NCCCC(=O)c1ccc(-c2ccc3c(Nc4ccccc4)c(C(N)=O)cnc3c2)cc1.O=C(O)CNc1cccc2c1C(=O)N(C1CCC(=O)NC1=O)C2=O. The molecule has 2 unspecified atom stereocenters. The Balaban J connectivity index is 0.000000172. The van der Waals surface area contributed by atoms with Crippen molar-refractivity contribution in [2.24, 2.45) is 17.2 Å². The Hall–Kier alpha value is -14.3. The van der Waals surface area contributed by atoms with Crippen LogP contribution >= 0.6 is 0 Å². The van der Waals surface area contributed by atoms with E-state index in [-0.39, 0.29) is 102 Å². The molecule has 560 valence electrons. The van der Waals surface area contributed by atoms with Crippen molar-refractivity contribution in [3.05, 3.63) is 244 Å². The predicted molar refractivity (Wildman–Crippen MR) is 411 cm³/mol. The van der Waals surface area contributed by atoms with E-state index in [2.05, 4.69) is 41.9 Å². The average Bonchev–Trinajstić information content (AvgIpc) is 1.62. The van der Waals surface area contributed by atoms with Gasteiger partial charge in [-0.15, -0.1) is 0 Å². The molecule has 28 heteroatoms. The highest BCUT2D eigenvalue weighted by molar-refractivity contribution is 6.26. The number of nitrogens with one attached hydrogen (secondary N) is 6. The Kier molecular flexibility index (Phi) is 23.5. The third kappa shape index (κ3) is 17.3. The summed E-state index contributed by atoms with van der Waals surface area (Å²) in [5.41, 5.74) is 27.7. The van der Waals surface area contributed by atoms with Crippen LogP contribution < -0.4 is 49.1 Å². The normalized spacial score (nSPS) is 14.9. The first-order chi connectivity index (χ1) is 53.5. The fraction of sp³-hybridized carbons (Fsp3) is 0.181. The van der Waals surface area contributed by atoms with E-state index in [9.17, 15) is 67.1 Å². The number of Topliss-reactive ketones (excluding diaryl/α,β-unsaturated/α-hetero) is 2. The minimum Gasteiger partial charge on any atom is -0.480 e. The van der Waals surface area contributed by atoms with E-state index in [4.69, 9.17) is 22.3 Å². The van der Waals surface area contributed by atoms with Gasteiger partial charge in [0.05, 0.1) is 55.8 Å². The fourth-order valence-corrected chi connectivity index (χ4v) is 13.4. The number of imide groups is 4. The Labute approximate surface area is 633 Å². The number of primary amides is 2. The molecular weight excluding hydrogens is 1420 g/mol. The van der Waals surface area contributed by atoms with Crippen molar-refractivity contribution in [3.8, 4) is 22.3 Å². The number of piperidine rings is 2. The molecule has 10 aromatic rings. The van der Waals surface area contributed by atoms with Gasteiger partial charge < -0.3 is 43.6 Å². The van der Waals surface area contributed by atoms with Crippen molar-refractivity contribution >= 4 is 133 Å². The Morgan fingerprint density at radius 2 is 0.946 bits per heavy atom. The fourth-order valence-electron chi connectivity index (χ4n) is 13.4. The molecule has 111 heavy (non-hydrogen) atoms. The van der Waals surface area contributed by atoms with E-state index >= 15 is 0 Å². The zero-order chi connectivity index (χ0) is 78.6. The maximum atomic E-state index is 13.3. The van der Waals surface area contributed by atoms with Crippen LogP contribution in [0, 0.1) is 0 Å². The molecule has 0 radical (unpaired) electrons. The topological polar surface area (TPSA) is 442 Å². The number of pyridine rings is 2. The summed E-state index contributed by atoms with van der Waals surface area (Å²) in [6.07, 6.45) is 5.16. The maximum absolute atomic E-state index is 13.3. The van der Waals surface area contributed by atoms with Crippen LogP contribution in [0.4, 0.5) is 28.4 Å². The number of aromatic nitrogens is 2. The number of hydrogen-bond donors (Lipinski definition) is 10. The van der Waals surface area contributed by atoms with Gasteiger partial charge in [-0.25, -0.2) is 0 Å². The van der Waals surface area contributed by atoms with Gasteiger partial charge in [0.1, 0.15) is 18.6 Å². The number of ketones is 2. The van der Waals surface area contributed by atoms with Crippen LogP contribution in [0.5, 0.6) is 0 Å². The average molecular weight is 1490 g/mol. The first-order valence-corrected chi connectivity index (χ1v) is 35.5. The predicted octanol–water partition coefficient (Wildman–Crippen LogP) is 9.11. The zero-order valence-corrected chi connectivity index (χ0v) is 59.5. The minimum atomic E-state index is -1.12. The summed E-state index contributed by atoms with van der Waals surface area (Å²) >= 11 is 0. The smallest absolute Gasteiger partial charge is 0.322 e. The number of carbonyl (C=O) groups is 14. The summed E-state index contributed by atoms with van der Waals surface area (Å²) in [4.78, 5) is 182. The van der Waals surface area contributed by atoms with Gasteiger partial charge in [0.25, 0.3) is 35.4 Å². The van der Waals surface area contributed by atoms with E-state index in [0.29, 0.717) is 65.0 Å². The number of anilines is 5. The molecule has 2 fully saturated rings. The second-order valence-corrected chi connectivity index (χ2v) is 26.3. The second-order valence-electron chi connectivity index (χ2n) is 26.3. The molecule has 28 nitrogen and oxygen atoms in total. The molecule has 13 N–H and O–H groups in total. The number of carboxylic acid groups (broad SMARTS) is 1. The van der Waals surface area contributed by atoms with Crippen LogP contribution in [-0.2, 0) is 35.2 Å². The number of nitrogens with zero attached hydrogens (tertiary/aromatic N) is 4. The maximum Gasteiger partial charge on any atom is 0.322 e. The van der Waals surface area contributed by atoms with E-state index in [1.807, 2.05) is 133 Å². The summed E-state index contributed by atoms with van der Waals surface area (Å²) in [5.74, 6) is -7.30. The van der Waals surface area contributed by atoms with E-state index in [0.717, 1.165) is 59.7 Å². The largest absolute Gasteiger partial charge is 0.480 e. The molecule has 2 saturated heterocycles. The summed E-state index contributed by atoms with van der Waals surface area (Å²) in [6.45, 7) is 0.363. The van der Waals surface area contributed by atoms with Gasteiger partial charge in [-0.2, -0.15) is 0 Å². The lowest BCUT2D eigenvalue weighted by atomic mass is 9.98. The molecule has 0 saturated carbocycles. The van der Waals surface area contributed by atoms with Gasteiger partial charge in [0.2, 0.25) is 29.5 Å². The van der Waals surface area contributed by atoms with Gasteiger partial charge in [-0.3, -0.25) is 97.5 Å². The van der Waals surface area contributed by atoms with Crippen LogP contribution in [0.25, 0.3) is 44.1 Å². The van der Waals surface area contributed by atoms with Gasteiger partial charge in [-0.1, -0.05) is 127 Å².